The number of benzene rings is 1. The van der Waals surface area contributed by atoms with Crippen molar-refractivity contribution in [2.45, 2.75) is 25.8 Å². The Labute approximate surface area is 152 Å². The molecule has 0 bridgehead atoms. The zero-order valence-corrected chi connectivity index (χ0v) is 14.6. The van der Waals surface area contributed by atoms with Crippen LogP contribution < -0.4 is 16.0 Å². The normalized spacial score (nSPS) is 11.3. The topological polar surface area (TPSA) is 100 Å². The molecule has 1 aromatic heterocycles. The van der Waals surface area contributed by atoms with Crippen LogP contribution in [0.15, 0.2) is 54.7 Å². The largest absolute Gasteiger partial charge is 0.356 e. The van der Waals surface area contributed by atoms with E-state index < -0.39 is 0 Å². The summed E-state index contributed by atoms with van der Waals surface area (Å²) in [4.78, 5) is 39.7. The maximum atomic E-state index is 12.0. The summed E-state index contributed by atoms with van der Waals surface area (Å²) in [6, 6.07) is 13.7. The average molecular weight is 354 g/mol. The molecule has 1 atom stereocenters. The second-order valence-electron chi connectivity index (χ2n) is 5.81. The van der Waals surface area contributed by atoms with Crippen molar-refractivity contribution < 1.29 is 14.4 Å². The van der Waals surface area contributed by atoms with Gasteiger partial charge in [-0.25, -0.2) is 4.98 Å². The standard InChI is InChI=1S/C19H22N4O3/c1-14(22-19(26)15-7-3-2-4-8-15)13-18(25)21-12-10-17(24)23-16-9-5-6-11-20-16/h2-9,11,14H,10,12-13H2,1H3,(H,21,25)(H,22,26)(H,20,23,24). The lowest BCUT2D eigenvalue weighted by Crippen LogP contribution is -2.38. The number of nitrogens with zero attached hydrogens (tertiary/aromatic N) is 1. The quantitative estimate of drug-likeness (QED) is 0.672. The lowest BCUT2D eigenvalue weighted by atomic mass is 10.1. The van der Waals surface area contributed by atoms with E-state index in [1.54, 1.807) is 55.6 Å². The van der Waals surface area contributed by atoms with Crippen LogP contribution in [-0.4, -0.2) is 35.3 Å². The molecule has 0 radical (unpaired) electrons. The van der Waals surface area contributed by atoms with Crippen molar-refractivity contribution in [1.29, 1.82) is 0 Å². The fourth-order valence-electron chi connectivity index (χ4n) is 2.26. The minimum absolute atomic E-state index is 0.139. The lowest BCUT2D eigenvalue weighted by molar-refractivity contribution is -0.121. The van der Waals surface area contributed by atoms with E-state index >= 15 is 0 Å². The summed E-state index contributed by atoms with van der Waals surface area (Å²) in [5, 5.41) is 8.09. The second kappa shape index (κ2) is 9.93. The number of pyridine rings is 1. The first-order valence-electron chi connectivity index (χ1n) is 8.38. The molecule has 0 spiro atoms. The first-order chi connectivity index (χ1) is 12.5. The molecule has 0 saturated heterocycles. The number of aromatic nitrogens is 1. The molecule has 1 unspecified atom stereocenters. The fraction of sp³-hybridized carbons (Fsp3) is 0.263. The zero-order chi connectivity index (χ0) is 18.8. The van der Waals surface area contributed by atoms with E-state index in [0.717, 1.165) is 0 Å². The van der Waals surface area contributed by atoms with Crippen LogP contribution >= 0.6 is 0 Å². The van der Waals surface area contributed by atoms with Crippen LogP contribution in [0.25, 0.3) is 0 Å². The minimum Gasteiger partial charge on any atom is -0.356 e. The molecule has 0 aliphatic heterocycles. The molecule has 0 fully saturated rings. The number of hydrogen-bond acceptors (Lipinski definition) is 4. The number of hydrogen-bond donors (Lipinski definition) is 3. The molecule has 2 aromatic rings. The Bertz CT molecular complexity index is 735. The van der Waals surface area contributed by atoms with E-state index in [2.05, 4.69) is 20.9 Å². The van der Waals surface area contributed by atoms with Gasteiger partial charge in [-0.3, -0.25) is 14.4 Å². The lowest BCUT2D eigenvalue weighted by Gasteiger charge is -2.14. The van der Waals surface area contributed by atoms with E-state index in [1.165, 1.54) is 0 Å². The molecule has 7 heteroatoms. The predicted molar refractivity (Wildman–Crippen MR) is 98.5 cm³/mol. The summed E-state index contributed by atoms with van der Waals surface area (Å²) >= 11 is 0. The highest BCUT2D eigenvalue weighted by Crippen LogP contribution is 2.01. The Balaban J connectivity index is 1.65. The molecule has 1 aromatic carbocycles. The highest BCUT2D eigenvalue weighted by atomic mass is 16.2. The molecule has 7 nitrogen and oxygen atoms in total. The van der Waals surface area contributed by atoms with Crippen LogP contribution in [0.2, 0.25) is 0 Å². The highest BCUT2D eigenvalue weighted by molar-refractivity contribution is 5.94. The number of rotatable bonds is 8. The van der Waals surface area contributed by atoms with Gasteiger partial charge < -0.3 is 16.0 Å². The van der Waals surface area contributed by atoms with Crippen LogP contribution in [0.3, 0.4) is 0 Å². The van der Waals surface area contributed by atoms with Gasteiger partial charge in [0.05, 0.1) is 0 Å². The number of anilines is 1. The zero-order valence-electron chi connectivity index (χ0n) is 14.6. The van der Waals surface area contributed by atoms with Crippen molar-refractivity contribution in [1.82, 2.24) is 15.6 Å². The van der Waals surface area contributed by atoms with Gasteiger partial charge >= 0.3 is 0 Å². The molecule has 0 aliphatic carbocycles. The smallest absolute Gasteiger partial charge is 0.251 e. The van der Waals surface area contributed by atoms with Gasteiger partial charge in [-0.05, 0) is 31.2 Å². The van der Waals surface area contributed by atoms with Crippen LogP contribution in [0.5, 0.6) is 0 Å². The van der Waals surface area contributed by atoms with Crippen LogP contribution in [-0.2, 0) is 9.59 Å². The average Bonchev–Trinajstić information content (AvgIpc) is 2.63. The van der Waals surface area contributed by atoms with Gasteiger partial charge in [0.25, 0.3) is 5.91 Å². The fourth-order valence-corrected chi connectivity index (χ4v) is 2.26. The summed E-state index contributed by atoms with van der Waals surface area (Å²) in [6.07, 6.45) is 1.87. The summed E-state index contributed by atoms with van der Waals surface area (Å²) in [5.74, 6) is -0.201. The maximum absolute atomic E-state index is 12.0. The Kier molecular flexibility index (Phi) is 7.30. The molecule has 1 heterocycles. The van der Waals surface area contributed by atoms with E-state index in [4.69, 9.17) is 0 Å². The van der Waals surface area contributed by atoms with Crippen molar-refractivity contribution in [2.24, 2.45) is 0 Å². The summed E-state index contributed by atoms with van der Waals surface area (Å²) in [7, 11) is 0. The van der Waals surface area contributed by atoms with Gasteiger partial charge in [0, 0.05) is 37.2 Å². The monoisotopic (exact) mass is 354 g/mol. The van der Waals surface area contributed by atoms with Crippen LogP contribution in [0, 0.1) is 0 Å². The van der Waals surface area contributed by atoms with Crippen molar-refractivity contribution in [3.8, 4) is 0 Å². The third-order valence-electron chi connectivity index (χ3n) is 3.51. The first kappa shape index (κ1) is 19.1. The number of nitrogens with one attached hydrogen (secondary N) is 3. The van der Waals surface area contributed by atoms with Crippen molar-refractivity contribution in [3.05, 3.63) is 60.3 Å². The summed E-state index contributed by atoms with van der Waals surface area (Å²) in [6.45, 7) is 1.98. The Morgan fingerprint density at radius 2 is 1.73 bits per heavy atom. The minimum atomic E-state index is -0.315. The predicted octanol–water partition coefficient (Wildman–Crippen LogP) is 1.73. The van der Waals surface area contributed by atoms with Gasteiger partial charge in [-0.2, -0.15) is 0 Å². The third kappa shape index (κ3) is 6.72. The Morgan fingerprint density at radius 1 is 1.00 bits per heavy atom. The number of carbonyl (C=O) groups is 3. The molecular weight excluding hydrogens is 332 g/mol. The van der Waals surface area contributed by atoms with E-state index in [-0.39, 0.29) is 43.1 Å². The van der Waals surface area contributed by atoms with Gasteiger partial charge in [0.15, 0.2) is 0 Å². The SMILES string of the molecule is CC(CC(=O)NCCC(=O)Nc1ccccn1)NC(=O)c1ccccc1. The van der Waals surface area contributed by atoms with Gasteiger partial charge in [-0.1, -0.05) is 24.3 Å². The highest BCUT2D eigenvalue weighted by Gasteiger charge is 2.13. The van der Waals surface area contributed by atoms with Gasteiger partial charge in [-0.15, -0.1) is 0 Å². The van der Waals surface area contributed by atoms with Gasteiger partial charge in [0.1, 0.15) is 5.82 Å². The summed E-state index contributed by atoms with van der Waals surface area (Å²) in [5.41, 5.74) is 0.547. The summed E-state index contributed by atoms with van der Waals surface area (Å²) < 4.78 is 0. The Hall–Kier alpha value is -3.22. The molecule has 26 heavy (non-hydrogen) atoms. The van der Waals surface area contributed by atoms with E-state index in [9.17, 15) is 14.4 Å². The first-order valence-corrected chi connectivity index (χ1v) is 8.38. The second-order valence-corrected chi connectivity index (χ2v) is 5.81. The maximum Gasteiger partial charge on any atom is 0.251 e. The number of amides is 3. The molecule has 0 aliphatic rings. The van der Waals surface area contributed by atoms with Crippen molar-refractivity contribution in [3.63, 3.8) is 0 Å². The molecule has 136 valence electrons. The Morgan fingerprint density at radius 3 is 2.42 bits per heavy atom. The molecule has 2 rings (SSSR count). The van der Waals surface area contributed by atoms with Crippen LogP contribution in [0.4, 0.5) is 5.82 Å². The molecule has 3 amide bonds. The number of carbonyl (C=O) groups excluding carboxylic acids is 3. The molecule has 3 N–H and O–H groups in total. The third-order valence-corrected chi connectivity index (χ3v) is 3.51. The van der Waals surface area contributed by atoms with Gasteiger partial charge in [0.2, 0.25) is 11.8 Å². The van der Waals surface area contributed by atoms with E-state index in [1.807, 2.05) is 6.07 Å². The molecule has 0 saturated carbocycles. The van der Waals surface area contributed by atoms with Crippen LogP contribution in [0.1, 0.15) is 30.1 Å². The van der Waals surface area contributed by atoms with E-state index in [0.29, 0.717) is 11.4 Å². The van der Waals surface area contributed by atoms with Crippen molar-refractivity contribution >= 4 is 23.5 Å². The molecular formula is C19H22N4O3. The van der Waals surface area contributed by atoms with Crippen molar-refractivity contribution in [2.75, 3.05) is 11.9 Å².